The van der Waals surface area contributed by atoms with Crippen LogP contribution < -0.4 is 0 Å². The summed E-state index contributed by atoms with van der Waals surface area (Å²) in [5, 5.41) is 0. The summed E-state index contributed by atoms with van der Waals surface area (Å²) in [4.78, 5) is 0. The van der Waals surface area contributed by atoms with Crippen molar-refractivity contribution in [1.82, 2.24) is 0 Å². The van der Waals surface area contributed by atoms with Crippen molar-refractivity contribution in [2.75, 3.05) is 0 Å². The molecule has 0 heterocycles. The van der Waals surface area contributed by atoms with Crippen LogP contribution in [0.3, 0.4) is 0 Å². The maximum atomic E-state index is 2.45. The van der Waals surface area contributed by atoms with Crippen LogP contribution in [0.5, 0.6) is 0 Å². The highest BCUT2D eigenvalue weighted by Gasteiger charge is 2.40. The van der Waals surface area contributed by atoms with Gasteiger partial charge in [0.1, 0.15) is 0 Å². The SMILES string of the molecule is C1CC2CCC1C2.C1CC2CCC1CC2.C1CCCCC1.CC1CCC2C(C)CCC12. The Labute approximate surface area is 196 Å². The standard InChI is InChI=1S/C10H18.C8H14.C7H12.C6H12/c1-7-3-5-10-8(2)4-6-9(7)10;1-2-8-5-3-7(1)4-6-8;1-2-7-4-3-6(1)5-7;1-2-4-6-5-3-1/h7-10H,3-6H2,1-2H3;7-8H,1-6H2;6-7H,1-5H2;1-6H2. The molecule has 0 aromatic heterocycles. The fraction of sp³-hybridized carbons (Fsp3) is 1.00. The van der Waals surface area contributed by atoms with Gasteiger partial charge in [-0.05, 0) is 66.6 Å². The lowest BCUT2D eigenvalue weighted by Crippen LogP contribution is -2.21. The summed E-state index contributed by atoms with van der Waals surface area (Å²) in [6.07, 6.45) is 32.3. The van der Waals surface area contributed by atoms with Gasteiger partial charge in [-0.25, -0.2) is 0 Å². The van der Waals surface area contributed by atoms with Crippen molar-refractivity contribution in [3.63, 3.8) is 0 Å². The van der Waals surface area contributed by atoms with Gasteiger partial charge in [0, 0.05) is 0 Å². The molecule has 0 aliphatic heterocycles. The molecule has 4 bridgehead atoms. The van der Waals surface area contributed by atoms with Crippen molar-refractivity contribution >= 4 is 0 Å². The zero-order valence-corrected chi connectivity index (χ0v) is 21.5. The number of fused-ring (bicyclic) bond motifs is 6. The molecule has 8 aliphatic rings. The molecule has 8 rings (SSSR count). The molecule has 0 heteroatoms. The molecular formula is C31H56. The molecule has 8 saturated carbocycles. The van der Waals surface area contributed by atoms with E-state index < -0.39 is 0 Å². The number of rotatable bonds is 0. The normalized spacial score (nSPS) is 44.3. The van der Waals surface area contributed by atoms with E-state index in [1.807, 2.05) is 0 Å². The van der Waals surface area contributed by atoms with E-state index in [-0.39, 0.29) is 0 Å². The van der Waals surface area contributed by atoms with Gasteiger partial charge in [0.25, 0.3) is 0 Å². The lowest BCUT2D eigenvalue weighted by Gasteiger charge is -2.35. The minimum Gasteiger partial charge on any atom is -0.0622 e. The third-order valence-electron chi connectivity index (χ3n) is 11.0. The van der Waals surface area contributed by atoms with E-state index in [0.717, 1.165) is 35.5 Å². The predicted molar refractivity (Wildman–Crippen MR) is 136 cm³/mol. The van der Waals surface area contributed by atoms with Crippen LogP contribution in [-0.2, 0) is 0 Å². The molecule has 0 N–H and O–H groups in total. The van der Waals surface area contributed by atoms with Crippen molar-refractivity contribution in [2.24, 2.45) is 47.3 Å². The number of hydrogen-bond acceptors (Lipinski definition) is 0. The first-order valence-electron chi connectivity index (χ1n) is 15.2. The van der Waals surface area contributed by atoms with E-state index in [4.69, 9.17) is 0 Å². The Bertz CT molecular complexity index is 414. The fourth-order valence-electron chi connectivity index (χ4n) is 8.70. The van der Waals surface area contributed by atoms with Crippen molar-refractivity contribution in [2.45, 2.75) is 149 Å². The second-order valence-corrected chi connectivity index (χ2v) is 13.1. The Kier molecular flexibility index (Phi) is 9.70. The Hall–Kier alpha value is 0. The zero-order valence-electron chi connectivity index (χ0n) is 21.5. The highest BCUT2D eigenvalue weighted by molar-refractivity contribution is 4.90. The largest absolute Gasteiger partial charge is 0.0622 e. The van der Waals surface area contributed by atoms with Gasteiger partial charge >= 0.3 is 0 Å². The Morgan fingerprint density at radius 2 is 0.613 bits per heavy atom. The van der Waals surface area contributed by atoms with Crippen LogP contribution in [0.2, 0.25) is 0 Å². The minimum absolute atomic E-state index is 1.05. The summed E-state index contributed by atoms with van der Waals surface area (Å²) >= 11 is 0. The van der Waals surface area contributed by atoms with Crippen LogP contribution >= 0.6 is 0 Å². The molecule has 0 radical (unpaired) electrons. The molecule has 4 unspecified atom stereocenters. The predicted octanol–water partition coefficient (Wildman–Crippen LogP) is 10.2. The zero-order chi connectivity index (χ0) is 21.5. The van der Waals surface area contributed by atoms with Crippen molar-refractivity contribution in [3.8, 4) is 0 Å². The summed E-state index contributed by atoms with van der Waals surface area (Å²) in [6, 6.07) is 0. The highest BCUT2D eigenvalue weighted by Crippen LogP contribution is 2.50. The maximum absolute atomic E-state index is 2.45. The second kappa shape index (κ2) is 12.5. The molecule has 4 atom stereocenters. The van der Waals surface area contributed by atoms with E-state index >= 15 is 0 Å². The van der Waals surface area contributed by atoms with E-state index in [2.05, 4.69) is 13.8 Å². The summed E-state index contributed by atoms with van der Waals surface area (Å²) in [6.45, 7) is 4.89. The monoisotopic (exact) mass is 428 g/mol. The van der Waals surface area contributed by atoms with Gasteiger partial charge in [0.2, 0.25) is 0 Å². The lowest BCUT2D eigenvalue weighted by atomic mass is 9.71. The van der Waals surface area contributed by atoms with Gasteiger partial charge in [-0.3, -0.25) is 0 Å². The van der Waals surface area contributed by atoms with Crippen LogP contribution in [0, 0.1) is 47.3 Å². The van der Waals surface area contributed by atoms with Crippen LogP contribution in [-0.4, -0.2) is 0 Å². The van der Waals surface area contributed by atoms with Crippen LogP contribution in [0.15, 0.2) is 0 Å². The molecule has 31 heavy (non-hydrogen) atoms. The molecule has 0 nitrogen and oxygen atoms in total. The van der Waals surface area contributed by atoms with Crippen molar-refractivity contribution in [3.05, 3.63) is 0 Å². The smallest absolute Gasteiger partial charge is 0.0357 e. The third-order valence-corrected chi connectivity index (χ3v) is 11.0. The topological polar surface area (TPSA) is 0 Å². The van der Waals surface area contributed by atoms with Crippen LogP contribution in [0.1, 0.15) is 149 Å². The summed E-state index contributed by atoms with van der Waals surface area (Å²) in [7, 11) is 0. The summed E-state index contributed by atoms with van der Waals surface area (Å²) in [5.74, 6) is 8.99. The van der Waals surface area contributed by atoms with Gasteiger partial charge in [0.15, 0.2) is 0 Å². The Morgan fingerprint density at radius 1 is 0.323 bits per heavy atom. The first-order chi connectivity index (χ1) is 15.2. The van der Waals surface area contributed by atoms with Gasteiger partial charge in [-0.15, -0.1) is 0 Å². The van der Waals surface area contributed by atoms with E-state index in [1.165, 1.54) is 76.0 Å². The molecule has 0 aromatic carbocycles. The summed E-state index contributed by atoms with van der Waals surface area (Å²) < 4.78 is 0. The van der Waals surface area contributed by atoms with E-state index in [1.54, 1.807) is 70.6 Å². The van der Waals surface area contributed by atoms with Gasteiger partial charge < -0.3 is 0 Å². The second-order valence-electron chi connectivity index (χ2n) is 13.1. The quantitative estimate of drug-likeness (QED) is 0.360. The fourth-order valence-corrected chi connectivity index (χ4v) is 8.70. The lowest BCUT2D eigenvalue weighted by molar-refractivity contribution is 0.176. The van der Waals surface area contributed by atoms with Gasteiger partial charge in [0.05, 0.1) is 0 Å². The van der Waals surface area contributed by atoms with Crippen molar-refractivity contribution < 1.29 is 0 Å². The average molecular weight is 429 g/mol. The van der Waals surface area contributed by atoms with E-state index in [0.29, 0.717) is 0 Å². The minimum atomic E-state index is 1.05. The molecule has 180 valence electrons. The molecule has 0 aromatic rings. The highest BCUT2D eigenvalue weighted by atomic mass is 14.5. The van der Waals surface area contributed by atoms with Crippen LogP contribution in [0.25, 0.3) is 0 Å². The Morgan fingerprint density at radius 3 is 0.839 bits per heavy atom. The molecule has 0 spiro atoms. The molecule has 0 saturated heterocycles. The van der Waals surface area contributed by atoms with E-state index in [9.17, 15) is 0 Å². The van der Waals surface area contributed by atoms with Crippen LogP contribution in [0.4, 0.5) is 0 Å². The maximum Gasteiger partial charge on any atom is -0.0357 e. The van der Waals surface area contributed by atoms with Gasteiger partial charge in [-0.2, -0.15) is 0 Å². The summed E-state index contributed by atoms with van der Waals surface area (Å²) in [5.41, 5.74) is 0. The molecule has 8 aliphatic carbocycles. The van der Waals surface area contributed by atoms with Crippen molar-refractivity contribution in [1.29, 1.82) is 0 Å². The third kappa shape index (κ3) is 7.24. The molecule has 0 amide bonds. The first-order valence-corrected chi connectivity index (χ1v) is 15.2. The average Bonchev–Trinajstić information content (AvgIpc) is 3.64. The molecule has 8 fully saturated rings. The van der Waals surface area contributed by atoms with Gasteiger partial charge in [-0.1, -0.05) is 129 Å². The Balaban J connectivity index is 0.000000101. The number of hydrogen-bond donors (Lipinski definition) is 0. The first kappa shape index (κ1) is 24.1. The molecular weight excluding hydrogens is 372 g/mol.